The van der Waals surface area contributed by atoms with Gasteiger partial charge in [0, 0.05) is 32.3 Å². The molecule has 1 heterocycles. The van der Waals surface area contributed by atoms with E-state index in [0.717, 1.165) is 6.07 Å². The van der Waals surface area contributed by atoms with E-state index in [4.69, 9.17) is 5.11 Å². The van der Waals surface area contributed by atoms with Crippen molar-refractivity contribution in [2.45, 2.75) is 0 Å². The Labute approximate surface area is 118 Å². The van der Waals surface area contributed by atoms with E-state index in [1.54, 1.807) is 7.05 Å². The first-order chi connectivity index (χ1) is 9.81. The van der Waals surface area contributed by atoms with Crippen molar-refractivity contribution in [2.24, 2.45) is 0 Å². The fraction of sp³-hybridized carbons (Fsp3) is 0.333. The second-order valence-electron chi connectivity index (χ2n) is 4.62. The molecule has 112 valence electrons. The monoisotopic (exact) mass is 297 g/mol. The van der Waals surface area contributed by atoms with Gasteiger partial charge in [-0.2, -0.15) is 0 Å². The topological polar surface area (TPSA) is 104 Å². The van der Waals surface area contributed by atoms with Gasteiger partial charge in [-0.3, -0.25) is 14.9 Å². The molecule has 1 aliphatic heterocycles. The Morgan fingerprint density at radius 2 is 2.10 bits per heavy atom. The number of carbonyl (C=O) groups excluding carboxylic acids is 1. The van der Waals surface area contributed by atoms with Gasteiger partial charge in [0.1, 0.15) is 17.1 Å². The first kappa shape index (κ1) is 14.7. The van der Waals surface area contributed by atoms with Crippen LogP contribution in [0.2, 0.25) is 0 Å². The van der Waals surface area contributed by atoms with E-state index < -0.39 is 28.0 Å². The first-order valence-electron chi connectivity index (χ1n) is 6.01. The summed E-state index contributed by atoms with van der Waals surface area (Å²) in [5.74, 6) is -2.91. The van der Waals surface area contributed by atoms with Crippen LogP contribution in [0, 0.1) is 15.9 Å². The summed E-state index contributed by atoms with van der Waals surface area (Å²) in [4.78, 5) is 35.6. The van der Waals surface area contributed by atoms with Crippen molar-refractivity contribution >= 4 is 23.3 Å². The van der Waals surface area contributed by atoms with Gasteiger partial charge in [0.25, 0.3) is 5.69 Å². The van der Waals surface area contributed by atoms with E-state index in [2.05, 4.69) is 0 Å². The number of hydrogen-bond donors (Lipinski definition) is 1. The number of rotatable bonds is 3. The zero-order chi connectivity index (χ0) is 15.7. The van der Waals surface area contributed by atoms with Gasteiger partial charge < -0.3 is 14.9 Å². The summed E-state index contributed by atoms with van der Waals surface area (Å²) < 4.78 is 13.7. The van der Waals surface area contributed by atoms with Crippen LogP contribution in [0.3, 0.4) is 0 Å². The number of aromatic carboxylic acids is 1. The predicted octanol–water partition coefficient (Wildman–Crippen LogP) is 0.710. The second-order valence-corrected chi connectivity index (χ2v) is 4.62. The number of carboxylic acids is 1. The summed E-state index contributed by atoms with van der Waals surface area (Å²) >= 11 is 0. The Hall–Kier alpha value is -2.71. The molecule has 9 heteroatoms. The number of benzene rings is 1. The first-order valence-corrected chi connectivity index (χ1v) is 6.01. The van der Waals surface area contributed by atoms with Crippen molar-refractivity contribution < 1.29 is 24.0 Å². The van der Waals surface area contributed by atoms with Crippen LogP contribution in [-0.2, 0) is 4.79 Å². The minimum Gasteiger partial charge on any atom is -0.478 e. The Kier molecular flexibility index (Phi) is 3.74. The zero-order valence-electron chi connectivity index (χ0n) is 11.1. The minimum absolute atomic E-state index is 0.0936. The van der Waals surface area contributed by atoms with Crippen LogP contribution >= 0.6 is 0 Å². The van der Waals surface area contributed by atoms with Gasteiger partial charge in [0.2, 0.25) is 5.91 Å². The third kappa shape index (κ3) is 2.76. The smallest absolute Gasteiger partial charge is 0.338 e. The van der Waals surface area contributed by atoms with E-state index in [-0.39, 0.29) is 18.1 Å². The minimum atomic E-state index is -1.59. The van der Waals surface area contributed by atoms with E-state index >= 15 is 0 Å². The average molecular weight is 297 g/mol. The normalized spacial score (nSPS) is 15.2. The molecule has 1 aromatic rings. The lowest BCUT2D eigenvalue weighted by Crippen LogP contribution is -2.48. The summed E-state index contributed by atoms with van der Waals surface area (Å²) in [6, 6.07) is 1.47. The average Bonchev–Trinajstić information content (AvgIpc) is 2.40. The third-order valence-electron chi connectivity index (χ3n) is 3.29. The van der Waals surface area contributed by atoms with E-state index in [1.807, 2.05) is 0 Å². The number of piperazine rings is 1. The molecule has 0 spiro atoms. The number of halogens is 1. The van der Waals surface area contributed by atoms with Crippen LogP contribution in [0.5, 0.6) is 0 Å². The lowest BCUT2D eigenvalue weighted by atomic mass is 10.1. The number of hydrogen-bond acceptors (Lipinski definition) is 5. The zero-order valence-corrected chi connectivity index (χ0v) is 11.1. The van der Waals surface area contributed by atoms with Gasteiger partial charge in [-0.1, -0.05) is 0 Å². The van der Waals surface area contributed by atoms with Crippen molar-refractivity contribution in [3.8, 4) is 0 Å². The lowest BCUT2D eigenvalue weighted by Gasteiger charge is -2.33. The number of amides is 1. The number of nitro groups is 1. The number of likely N-dealkylation sites (N-methyl/N-ethyl adjacent to an activating group) is 1. The molecule has 0 atom stereocenters. The molecule has 0 aromatic heterocycles. The van der Waals surface area contributed by atoms with Gasteiger partial charge in [0.15, 0.2) is 0 Å². The summed E-state index contributed by atoms with van der Waals surface area (Å²) in [5.41, 5.74) is -1.40. The van der Waals surface area contributed by atoms with Crippen molar-refractivity contribution in [1.82, 2.24) is 4.90 Å². The highest BCUT2D eigenvalue weighted by Gasteiger charge is 2.29. The molecule has 1 aromatic carbocycles. The highest BCUT2D eigenvalue weighted by Crippen LogP contribution is 2.32. The van der Waals surface area contributed by atoms with Gasteiger partial charge in [-0.15, -0.1) is 0 Å². The fourth-order valence-corrected chi connectivity index (χ4v) is 2.08. The standard InChI is InChI=1S/C12H12FN3O5/c1-14-2-3-15(6-11(14)17)9-5-8(13)7(12(18)19)4-10(9)16(20)21/h4-5H,2-3,6H2,1H3,(H,18,19). The maximum atomic E-state index is 13.7. The Balaban J connectivity index is 2.48. The molecular weight excluding hydrogens is 285 g/mol. The van der Waals surface area contributed by atoms with Crippen LogP contribution in [0.1, 0.15) is 10.4 Å². The van der Waals surface area contributed by atoms with Crippen molar-refractivity contribution in [2.75, 3.05) is 31.6 Å². The van der Waals surface area contributed by atoms with Crippen molar-refractivity contribution in [3.63, 3.8) is 0 Å². The molecule has 0 unspecified atom stereocenters. The number of anilines is 1. The summed E-state index contributed by atoms with van der Waals surface area (Å²) in [5, 5.41) is 19.9. The van der Waals surface area contributed by atoms with Crippen LogP contribution < -0.4 is 4.90 Å². The summed E-state index contributed by atoms with van der Waals surface area (Å²) in [7, 11) is 1.60. The number of carboxylic acid groups (broad SMARTS) is 1. The molecule has 1 N–H and O–H groups in total. The summed E-state index contributed by atoms with van der Waals surface area (Å²) in [6.07, 6.45) is 0. The van der Waals surface area contributed by atoms with Crippen LogP contribution in [0.25, 0.3) is 0 Å². The molecule has 8 nitrogen and oxygen atoms in total. The molecule has 1 aliphatic rings. The second kappa shape index (κ2) is 5.35. The van der Waals surface area contributed by atoms with Crippen molar-refractivity contribution in [3.05, 3.63) is 33.6 Å². The highest BCUT2D eigenvalue weighted by atomic mass is 19.1. The molecule has 2 rings (SSSR count). The molecule has 1 saturated heterocycles. The molecule has 0 bridgehead atoms. The Morgan fingerprint density at radius 3 is 2.62 bits per heavy atom. The van der Waals surface area contributed by atoms with Gasteiger partial charge >= 0.3 is 5.97 Å². The maximum absolute atomic E-state index is 13.7. The Morgan fingerprint density at radius 1 is 1.43 bits per heavy atom. The van der Waals surface area contributed by atoms with Gasteiger partial charge in [0.05, 0.1) is 11.5 Å². The van der Waals surface area contributed by atoms with Crippen molar-refractivity contribution in [1.29, 1.82) is 0 Å². The molecular formula is C12H12FN3O5. The van der Waals surface area contributed by atoms with E-state index in [9.17, 15) is 24.1 Å². The Bertz CT molecular complexity index is 634. The maximum Gasteiger partial charge on any atom is 0.338 e. The van der Waals surface area contributed by atoms with Crippen LogP contribution in [-0.4, -0.2) is 53.5 Å². The highest BCUT2D eigenvalue weighted by molar-refractivity contribution is 5.91. The fourth-order valence-electron chi connectivity index (χ4n) is 2.08. The van der Waals surface area contributed by atoms with Crippen LogP contribution in [0.4, 0.5) is 15.8 Å². The lowest BCUT2D eigenvalue weighted by molar-refractivity contribution is -0.384. The van der Waals surface area contributed by atoms with Gasteiger partial charge in [-0.25, -0.2) is 9.18 Å². The van der Waals surface area contributed by atoms with Crippen LogP contribution in [0.15, 0.2) is 12.1 Å². The van der Waals surface area contributed by atoms with E-state index in [0.29, 0.717) is 19.2 Å². The SMILES string of the molecule is CN1CCN(c2cc(F)c(C(=O)O)cc2[N+](=O)[O-])CC1=O. The molecule has 0 aliphatic carbocycles. The quantitative estimate of drug-likeness (QED) is 0.651. The molecule has 1 amide bonds. The predicted molar refractivity (Wildman–Crippen MR) is 69.9 cm³/mol. The third-order valence-corrected chi connectivity index (χ3v) is 3.29. The number of carbonyl (C=O) groups is 2. The number of nitrogens with zero attached hydrogens (tertiary/aromatic N) is 3. The molecule has 0 radical (unpaired) electrons. The largest absolute Gasteiger partial charge is 0.478 e. The molecule has 21 heavy (non-hydrogen) atoms. The molecule has 0 saturated carbocycles. The molecule has 1 fully saturated rings. The number of nitro benzene ring substituents is 1. The summed E-state index contributed by atoms with van der Waals surface area (Å²) in [6.45, 7) is 0.524. The van der Waals surface area contributed by atoms with E-state index in [1.165, 1.54) is 9.80 Å². The van der Waals surface area contributed by atoms with Gasteiger partial charge in [-0.05, 0) is 0 Å².